The van der Waals surface area contributed by atoms with Crippen LogP contribution in [0.3, 0.4) is 0 Å². The third-order valence-corrected chi connectivity index (χ3v) is 6.49. The zero-order valence-corrected chi connectivity index (χ0v) is 12.6. The fraction of sp³-hybridized carbons (Fsp3) is 1.00. The van der Waals surface area contributed by atoms with Gasteiger partial charge in [0.25, 0.3) is 0 Å². The molecule has 0 aromatic carbocycles. The fourth-order valence-corrected chi connectivity index (χ4v) is 5.53. The van der Waals surface area contributed by atoms with Crippen molar-refractivity contribution in [2.45, 2.75) is 75.1 Å². The molecule has 0 aromatic rings. The van der Waals surface area contributed by atoms with Crippen molar-refractivity contribution >= 4 is 15.9 Å². The highest BCUT2D eigenvalue weighted by Crippen LogP contribution is 2.54. The zero-order valence-electron chi connectivity index (χ0n) is 11.0. The molecule has 0 N–H and O–H groups in total. The lowest BCUT2D eigenvalue weighted by Gasteiger charge is -2.45. The van der Waals surface area contributed by atoms with Gasteiger partial charge in [-0.3, -0.25) is 0 Å². The molecule has 3 rings (SSSR count). The molecule has 1 nitrogen and oxygen atoms in total. The summed E-state index contributed by atoms with van der Waals surface area (Å²) >= 11 is 3.82. The lowest BCUT2D eigenvalue weighted by Crippen LogP contribution is -2.42. The van der Waals surface area contributed by atoms with Crippen molar-refractivity contribution in [1.82, 2.24) is 0 Å². The van der Waals surface area contributed by atoms with Crippen LogP contribution in [0.5, 0.6) is 0 Å². The first kappa shape index (κ1) is 12.5. The molecule has 2 saturated carbocycles. The predicted molar refractivity (Wildman–Crippen MR) is 74.5 cm³/mol. The van der Waals surface area contributed by atoms with Crippen molar-refractivity contribution < 1.29 is 4.74 Å². The molecule has 3 unspecified atom stereocenters. The quantitative estimate of drug-likeness (QED) is 0.639. The number of rotatable bonds is 1. The van der Waals surface area contributed by atoms with E-state index in [9.17, 15) is 0 Å². The van der Waals surface area contributed by atoms with E-state index in [1.807, 2.05) is 0 Å². The smallest absolute Gasteiger partial charge is 0.0685 e. The molecule has 1 heterocycles. The SMILES string of the molecule is CC1(C2CCOC3(CCCC3)C2)CCC(Br)C1. The Kier molecular flexibility index (Phi) is 3.32. The summed E-state index contributed by atoms with van der Waals surface area (Å²) in [5, 5.41) is 0. The van der Waals surface area contributed by atoms with Crippen LogP contribution in [-0.4, -0.2) is 17.0 Å². The topological polar surface area (TPSA) is 9.23 Å². The second kappa shape index (κ2) is 4.52. The Balaban J connectivity index is 1.71. The molecule has 3 atom stereocenters. The van der Waals surface area contributed by atoms with Gasteiger partial charge in [0, 0.05) is 11.4 Å². The summed E-state index contributed by atoms with van der Waals surface area (Å²) in [4.78, 5) is 0.773. The number of hydrogen-bond acceptors (Lipinski definition) is 1. The molecule has 0 bridgehead atoms. The Hall–Kier alpha value is 0.440. The molecule has 3 fully saturated rings. The van der Waals surface area contributed by atoms with Gasteiger partial charge in [0.15, 0.2) is 0 Å². The van der Waals surface area contributed by atoms with Crippen LogP contribution in [0, 0.1) is 11.3 Å². The van der Waals surface area contributed by atoms with Gasteiger partial charge in [-0.05, 0) is 56.3 Å². The molecule has 17 heavy (non-hydrogen) atoms. The van der Waals surface area contributed by atoms with Crippen molar-refractivity contribution in [2.75, 3.05) is 6.61 Å². The maximum absolute atomic E-state index is 6.18. The standard InChI is InChI=1S/C15H25BrO/c1-14(8-4-13(16)11-14)12-5-9-17-15(10-12)6-2-3-7-15/h12-13H,2-11H2,1H3. The molecular weight excluding hydrogens is 276 g/mol. The van der Waals surface area contributed by atoms with Crippen molar-refractivity contribution in [3.63, 3.8) is 0 Å². The van der Waals surface area contributed by atoms with Gasteiger partial charge in [-0.25, -0.2) is 0 Å². The van der Waals surface area contributed by atoms with Crippen molar-refractivity contribution in [3.05, 3.63) is 0 Å². The summed E-state index contributed by atoms with van der Waals surface area (Å²) in [6, 6.07) is 0. The minimum atomic E-state index is 0.302. The van der Waals surface area contributed by atoms with E-state index in [-0.39, 0.29) is 0 Å². The van der Waals surface area contributed by atoms with Crippen molar-refractivity contribution in [1.29, 1.82) is 0 Å². The van der Waals surface area contributed by atoms with Gasteiger partial charge in [-0.2, -0.15) is 0 Å². The van der Waals surface area contributed by atoms with E-state index in [0.717, 1.165) is 17.4 Å². The second-order valence-electron chi connectivity index (χ2n) is 6.92. The maximum Gasteiger partial charge on any atom is 0.0685 e. The van der Waals surface area contributed by atoms with Crippen LogP contribution < -0.4 is 0 Å². The number of ether oxygens (including phenoxy) is 1. The van der Waals surface area contributed by atoms with E-state index >= 15 is 0 Å². The van der Waals surface area contributed by atoms with Gasteiger partial charge in [0.05, 0.1) is 5.60 Å². The zero-order chi connectivity index (χ0) is 11.9. The molecule has 3 aliphatic rings. The van der Waals surface area contributed by atoms with E-state index in [1.54, 1.807) is 0 Å². The third kappa shape index (κ3) is 2.32. The van der Waals surface area contributed by atoms with Crippen molar-refractivity contribution in [2.24, 2.45) is 11.3 Å². The van der Waals surface area contributed by atoms with Crippen LogP contribution >= 0.6 is 15.9 Å². The van der Waals surface area contributed by atoms with E-state index in [0.29, 0.717) is 11.0 Å². The van der Waals surface area contributed by atoms with Gasteiger partial charge >= 0.3 is 0 Å². The third-order valence-electron chi connectivity index (χ3n) is 5.71. The van der Waals surface area contributed by atoms with Gasteiger partial charge in [-0.1, -0.05) is 35.7 Å². The Morgan fingerprint density at radius 2 is 1.82 bits per heavy atom. The average molecular weight is 301 g/mol. The van der Waals surface area contributed by atoms with Crippen LogP contribution in [0.15, 0.2) is 0 Å². The molecule has 0 aromatic heterocycles. The van der Waals surface area contributed by atoms with Crippen LogP contribution in [-0.2, 0) is 4.74 Å². The summed E-state index contributed by atoms with van der Waals surface area (Å²) in [5.41, 5.74) is 0.893. The van der Waals surface area contributed by atoms with Crippen LogP contribution in [0.25, 0.3) is 0 Å². The van der Waals surface area contributed by atoms with E-state index in [4.69, 9.17) is 4.74 Å². The van der Waals surface area contributed by atoms with Crippen molar-refractivity contribution in [3.8, 4) is 0 Å². The first-order chi connectivity index (χ1) is 8.12. The minimum Gasteiger partial charge on any atom is -0.375 e. The fourth-order valence-electron chi connectivity index (χ4n) is 4.56. The molecule has 0 radical (unpaired) electrons. The highest BCUT2D eigenvalue weighted by atomic mass is 79.9. The minimum absolute atomic E-state index is 0.302. The maximum atomic E-state index is 6.18. The number of alkyl halides is 1. The summed E-state index contributed by atoms with van der Waals surface area (Å²) < 4.78 is 6.18. The van der Waals surface area contributed by atoms with Gasteiger partial charge < -0.3 is 4.74 Å². The molecule has 1 spiro atoms. The summed E-state index contributed by atoms with van der Waals surface area (Å²) in [5.74, 6) is 0.914. The van der Waals surface area contributed by atoms with Crippen LogP contribution in [0.1, 0.15) is 64.7 Å². The highest BCUT2D eigenvalue weighted by molar-refractivity contribution is 9.09. The summed E-state index contributed by atoms with van der Waals surface area (Å²) in [6.45, 7) is 3.56. The Labute approximate surface area is 114 Å². The molecule has 0 amide bonds. The Morgan fingerprint density at radius 1 is 1.06 bits per heavy atom. The molecular formula is C15H25BrO. The first-order valence-corrected chi connectivity index (χ1v) is 8.32. The highest BCUT2D eigenvalue weighted by Gasteiger charge is 2.47. The van der Waals surface area contributed by atoms with E-state index < -0.39 is 0 Å². The number of halogens is 1. The normalized spacial score (nSPS) is 45.5. The molecule has 1 saturated heterocycles. The average Bonchev–Trinajstić information content (AvgIpc) is 2.88. The molecule has 2 heteroatoms. The van der Waals surface area contributed by atoms with Crippen LogP contribution in [0.2, 0.25) is 0 Å². The lowest BCUT2D eigenvalue weighted by atomic mass is 9.68. The lowest BCUT2D eigenvalue weighted by molar-refractivity contribution is -0.113. The molecule has 98 valence electrons. The van der Waals surface area contributed by atoms with E-state index in [2.05, 4.69) is 22.9 Å². The van der Waals surface area contributed by atoms with Gasteiger partial charge in [0.2, 0.25) is 0 Å². The van der Waals surface area contributed by atoms with Crippen LogP contribution in [0.4, 0.5) is 0 Å². The molecule has 2 aliphatic carbocycles. The summed E-state index contributed by atoms with van der Waals surface area (Å²) in [7, 11) is 0. The largest absolute Gasteiger partial charge is 0.375 e. The first-order valence-electron chi connectivity index (χ1n) is 7.40. The van der Waals surface area contributed by atoms with Gasteiger partial charge in [-0.15, -0.1) is 0 Å². The molecule has 1 aliphatic heterocycles. The number of hydrogen-bond donors (Lipinski definition) is 0. The Bertz CT molecular complexity index is 285. The monoisotopic (exact) mass is 300 g/mol. The summed E-state index contributed by atoms with van der Waals surface area (Å²) in [6.07, 6.45) is 12.3. The van der Waals surface area contributed by atoms with Gasteiger partial charge in [0.1, 0.15) is 0 Å². The second-order valence-corrected chi connectivity index (χ2v) is 8.22. The Morgan fingerprint density at radius 3 is 2.47 bits per heavy atom. The van der Waals surface area contributed by atoms with E-state index in [1.165, 1.54) is 57.8 Å². The predicted octanol–water partition coefficient (Wildman–Crippen LogP) is 4.68.